The molecule has 0 saturated heterocycles. The highest BCUT2D eigenvalue weighted by atomic mass is 16.4. The van der Waals surface area contributed by atoms with Crippen molar-refractivity contribution in [3.05, 3.63) is 35.0 Å². The average molecular weight is 274 g/mol. The van der Waals surface area contributed by atoms with E-state index in [2.05, 4.69) is 22.0 Å². The summed E-state index contributed by atoms with van der Waals surface area (Å²) in [6.07, 6.45) is 3.40. The summed E-state index contributed by atoms with van der Waals surface area (Å²) < 4.78 is 1.69. The first-order chi connectivity index (χ1) is 9.52. The maximum Gasteiger partial charge on any atom is 0.307 e. The lowest BCUT2D eigenvalue weighted by Crippen LogP contribution is -2.06. The van der Waals surface area contributed by atoms with Crippen molar-refractivity contribution in [2.75, 3.05) is 0 Å². The van der Waals surface area contributed by atoms with Crippen molar-refractivity contribution >= 4 is 5.97 Å². The third kappa shape index (κ3) is 2.84. The fraction of sp³-hybridized carbons (Fsp3) is 0.429. The molecule has 20 heavy (non-hydrogen) atoms. The second kappa shape index (κ2) is 5.81. The number of aliphatic carboxylic acids is 1. The predicted octanol–water partition coefficient (Wildman–Crippen LogP) is 1.86. The van der Waals surface area contributed by atoms with Gasteiger partial charge in [0.25, 0.3) is 0 Å². The molecule has 2 aromatic heterocycles. The van der Waals surface area contributed by atoms with Crippen LogP contribution in [0.25, 0.3) is 5.82 Å². The van der Waals surface area contributed by atoms with Crippen LogP contribution >= 0.6 is 0 Å². The Morgan fingerprint density at radius 1 is 1.35 bits per heavy atom. The summed E-state index contributed by atoms with van der Waals surface area (Å²) in [5.41, 5.74) is 3.24. The van der Waals surface area contributed by atoms with Crippen molar-refractivity contribution in [3.63, 3.8) is 0 Å². The van der Waals surface area contributed by atoms with E-state index < -0.39 is 5.97 Å². The summed E-state index contributed by atoms with van der Waals surface area (Å²) in [6, 6.07) is 1.90. The lowest BCUT2D eigenvalue weighted by atomic mass is 10.1. The number of carbonyl (C=O) groups is 1. The Balaban J connectivity index is 2.43. The Morgan fingerprint density at radius 2 is 2.10 bits per heavy atom. The summed E-state index contributed by atoms with van der Waals surface area (Å²) in [5.74, 6) is -0.175. The summed E-state index contributed by atoms with van der Waals surface area (Å²) in [6.45, 7) is 5.77. The molecule has 0 amide bonds. The average Bonchev–Trinajstić information content (AvgIpc) is 2.67. The Labute approximate surface area is 117 Å². The van der Waals surface area contributed by atoms with Gasteiger partial charge < -0.3 is 5.11 Å². The van der Waals surface area contributed by atoms with Gasteiger partial charge in [0.15, 0.2) is 5.82 Å². The van der Waals surface area contributed by atoms with Crippen molar-refractivity contribution in [2.24, 2.45) is 0 Å². The molecule has 1 N–H and O–H groups in total. The van der Waals surface area contributed by atoms with E-state index in [0.717, 1.165) is 35.5 Å². The fourth-order valence-corrected chi connectivity index (χ4v) is 2.20. The van der Waals surface area contributed by atoms with E-state index in [1.807, 2.05) is 19.9 Å². The Morgan fingerprint density at radius 3 is 2.75 bits per heavy atom. The quantitative estimate of drug-likeness (QED) is 0.900. The molecular weight excluding hydrogens is 256 g/mol. The molecular formula is C14H18N4O2. The number of aromatic nitrogens is 4. The molecule has 0 unspecified atom stereocenters. The minimum atomic E-state index is -0.856. The zero-order valence-corrected chi connectivity index (χ0v) is 11.9. The van der Waals surface area contributed by atoms with Crippen molar-refractivity contribution in [3.8, 4) is 5.82 Å². The Kier molecular flexibility index (Phi) is 4.12. The van der Waals surface area contributed by atoms with Crippen molar-refractivity contribution < 1.29 is 9.90 Å². The summed E-state index contributed by atoms with van der Waals surface area (Å²) in [5, 5.41) is 13.3. The molecule has 0 aliphatic carbocycles. The van der Waals surface area contributed by atoms with Crippen LogP contribution in [0, 0.1) is 13.8 Å². The Hall–Kier alpha value is -2.24. The molecule has 106 valence electrons. The molecule has 6 heteroatoms. The van der Waals surface area contributed by atoms with Gasteiger partial charge in [-0.05, 0) is 20.3 Å². The van der Waals surface area contributed by atoms with Crippen molar-refractivity contribution in [1.29, 1.82) is 0 Å². The van der Waals surface area contributed by atoms with Gasteiger partial charge in [0, 0.05) is 23.0 Å². The van der Waals surface area contributed by atoms with Gasteiger partial charge in [-0.15, -0.1) is 0 Å². The molecule has 0 fully saturated rings. The summed E-state index contributed by atoms with van der Waals surface area (Å²) in [7, 11) is 0. The smallest absolute Gasteiger partial charge is 0.307 e. The summed E-state index contributed by atoms with van der Waals surface area (Å²) >= 11 is 0. The molecule has 0 aliphatic rings. The second-order valence-corrected chi connectivity index (χ2v) is 4.75. The lowest BCUT2D eigenvalue weighted by molar-refractivity contribution is -0.136. The van der Waals surface area contributed by atoms with Gasteiger partial charge in [0.1, 0.15) is 6.33 Å². The van der Waals surface area contributed by atoms with Crippen LogP contribution in [0.3, 0.4) is 0 Å². The maximum atomic E-state index is 10.9. The van der Waals surface area contributed by atoms with Gasteiger partial charge >= 0.3 is 5.97 Å². The van der Waals surface area contributed by atoms with E-state index in [0.29, 0.717) is 5.82 Å². The summed E-state index contributed by atoms with van der Waals surface area (Å²) in [4.78, 5) is 19.3. The molecule has 0 radical (unpaired) electrons. The maximum absolute atomic E-state index is 10.9. The molecule has 0 aromatic carbocycles. The third-order valence-corrected chi connectivity index (χ3v) is 3.20. The highest BCUT2D eigenvalue weighted by molar-refractivity contribution is 5.71. The van der Waals surface area contributed by atoms with Crippen molar-refractivity contribution in [2.45, 2.75) is 40.0 Å². The number of hydrogen-bond acceptors (Lipinski definition) is 4. The minimum absolute atomic E-state index is 0.0232. The SMILES string of the molecule is CCCc1cc(-n2nc(C)c(CC(=O)O)c2C)ncn1. The van der Waals surface area contributed by atoms with Crippen LogP contribution in [0.2, 0.25) is 0 Å². The van der Waals surface area contributed by atoms with Crippen LogP contribution in [0.1, 0.15) is 36.0 Å². The van der Waals surface area contributed by atoms with E-state index >= 15 is 0 Å². The van der Waals surface area contributed by atoms with Gasteiger partial charge in [-0.1, -0.05) is 13.3 Å². The second-order valence-electron chi connectivity index (χ2n) is 4.75. The number of carboxylic acid groups (broad SMARTS) is 1. The zero-order chi connectivity index (χ0) is 14.7. The van der Waals surface area contributed by atoms with E-state index in [1.165, 1.54) is 6.33 Å². The van der Waals surface area contributed by atoms with Crippen molar-refractivity contribution in [1.82, 2.24) is 19.7 Å². The number of hydrogen-bond donors (Lipinski definition) is 1. The van der Waals surface area contributed by atoms with Crippen LogP contribution in [0.5, 0.6) is 0 Å². The molecule has 0 aliphatic heterocycles. The van der Waals surface area contributed by atoms with E-state index in [9.17, 15) is 4.79 Å². The molecule has 0 bridgehead atoms. The van der Waals surface area contributed by atoms with E-state index in [1.54, 1.807) is 4.68 Å². The van der Waals surface area contributed by atoms with Crippen LogP contribution in [-0.2, 0) is 17.6 Å². The lowest BCUT2D eigenvalue weighted by Gasteiger charge is -2.05. The molecule has 2 rings (SSSR count). The van der Waals surface area contributed by atoms with Gasteiger partial charge in [-0.25, -0.2) is 14.6 Å². The van der Waals surface area contributed by atoms with Crippen LogP contribution < -0.4 is 0 Å². The van der Waals surface area contributed by atoms with Crippen LogP contribution in [-0.4, -0.2) is 30.8 Å². The minimum Gasteiger partial charge on any atom is -0.481 e. The number of aryl methyl sites for hydroxylation is 2. The first kappa shape index (κ1) is 14.2. The van der Waals surface area contributed by atoms with Gasteiger partial charge in [-0.2, -0.15) is 5.10 Å². The largest absolute Gasteiger partial charge is 0.481 e. The third-order valence-electron chi connectivity index (χ3n) is 3.20. The highest BCUT2D eigenvalue weighted by Gasteiger charge is 2.16. The number of nitrogens with zero attached hydrogens (tertiary/aromatic N) is 4. The van der Waals surface area contributed by atoms with Gasteiger partial charge in [-0.3, -0.25) is 4.79 Å². The standard InChI is InChI=1S/C14H18N4O2/c1-4-5-11-6-13(16-8-15-11)18-10(3)12(7-14(19)20)9(2)17-18/h6,8H,4-5,7H2,1-3H3,(H,19,20). The molecule has 6 nitrogen and oxygen atoms in total. The molecule has 2 aromatic rings. The molecule has 2 heterocycles. The predicted molar refractivity (Wildman–Crippen MR) is 74.0 cm³/mol. The zero-order valence-electron chi connectivity index (χ0n) is 11.9. The topological polar surface area (TPSA) is 80.9 Å². The van der Waals surface area contributed by atoms with Gasteiger partial charge in [0.05, 0.1) is 12.1 Å². The first-order valence-corrected chi connectivity index (χ1v) is 6.61. The molecule has 0 atom stereocenters. The molecule has 0 spiro atoms. The monoisotopic (exact) mass is 274 g/mol. The Bertz CT molecular complexity index is 634. The van der Waals surface area contributed by atoms with Crippen LogP contribution in [0.4, 0.5) is 0 Å². The number of carboxylic acids is 1. The van der Waals surface area contributed by atoms with E-state index in [-0.39, 0.29) is 6.42 Å². The van der Waals surface area contributed by atoms with E-state index in [4.69, 9.17) is 5.11 Å². The molecule has 0 saturated carbocycles. The fourth-order valence-electron chi connectivity index (χ4n) is 2.20. The van der Waals surface area contributed by atoms with Crippen LogP contribution in [0.15, 0.2) is 12.4 Å². The number of rotatable bonds is 5. The van der Waals surface area contributed by atoms with Gasteiger partial charge in [0.2, 0.25) is 0 Å². The normalized spacial score (nSPS) is 10.8. The first-order valence-electron chi connectivity index (χ1n) is 6.61. The highest BCUT2D eigenvalue weighted by Crippen LogP contribution is 2.17.